The molecule has 0 amide bonds. The van der Waals surface area contributed by atoms with Gasteiger partial charge in [0.1, 0.15) is 7.85 Å². The van der Waals surface area contributed by atoms with Crippen LogP contribution in [-0.2, 0) is 6.42 Å². The van der Waals surface area contributed by atoms with Crippen LogP contribution in [0.25, 0.3) is 0 Å². The van der Waals surface area contributed by atoms with Crippen LogP contribution in [0, 0.1) is 0 Å². The molecule has 1 aromatic rings. The number of anilines is 1. The van der Waals surface area contributed by atoms with E-state index in [-0.39, 0.29) is 0 Å². The number of hydrogen-bond donors (Lipinski definition) is 1. The lowest BCUT2D eigenvalue weighted by Gasteiger charge is -2.09. The Bertz CT molecular complexity index is 245. The van der Waals surface area contributed by atoms with Gasteiger partial charge in [0.25, 0.3) is 0 Å². The van der Waals surface area contributed by atoms with E-state index >= 15 is 0 Å². The summed E-state index contributed by atoms with van der Waals surface area (Å²) in [6, 6.07) is 5.93. The molecule has 0 bridgehead atoms. The highest BCUT2D eigenvalue weighted by molar-refractivity contribution is 6.33. The Morgan fingerprint density at radius 2 is 2.18 bits per heavy atom. The lowest BCUT2D eigenvalue weighted by Crippen LogP contribution is -2.11. The first-order chi connectivity index (χ1) is 5.29. The molecule has 0 saturated carbocycles. The second kappa shape index (κ2) is 3.47. The fraction of sp³-hybridized carbons (Fsp3) is 0.333. The first kappa shape index (κ1) is 8.18. The highest BCUT2D eigenvalue weighted by Crippen LogP contribution is 2.11. The Kier molecular flexibility index (Phi) is 2.58. The standard InChI is InChI=1S/C9H12BN/c1-3-7-8(10)5-4-6-9(7)11-2/h4-6,11H,3H2,1-2H3. The highest BCUT2D eigenvalue weighted by Gasteiger charge is 1.99. The predicted molar refractivity (Wildman–Crippen MR) is 50.8 cm³/mol. The van der Waals surface area contributed by atoms with E-state index in [1.165, 1.54) is 5.56 Å². The molecule has 1 nitrogen and oxygen atoms in total. The SMILES string of the molecule is [B]c1cccc(NC)c1CC. The van der Waals surface area contributed by atoms with Crippen molar-refractivity contribution in [1.29, 1.82) is 0 Å². The monoisotopic (exact) mass is 145 g/mol. The van der Waals surface area contributed by atoms with Crippen molar-refractivity contribution in [3.8, 4) is 0 Å². The van der Waals surface area contributed by atoms with E-state index in [1.807, 2.05) is 25.2 Å². The van der Waals surface area contributed by atoms with Crippen LogP contribution in [0.15, 0.2) is 18.2 Å². The molecule has 0 saturated heterocycles. The lowest BCUT2D eigenvalue weighted by atomic mass is 9.88. The maximum atomic E-state index is 5.77. The van der Waals surface area contributed by atoms with Crippen molar-refractivity contribution < 1.29 is 0 Å². The molecule has 0 atom stereocenters. The average molecular weight is 145 g/mol. The quantitative estimate of drug-likeness (QED) is 0.614. The van der Waals surface area contributed by atoms with Crippen LogP contribution in [0.1, 0.15) is 12.5 Å². The molecule has 0 aliphatic rings. The minimum Gasteiger partial charge on any atom is -0.388 e. The Morgan fingerprint density at radius 1 is 1.45 bits per heavy atom. The van der Waals surface area contributed by atoms with Crippen molar-refractivity contribution in [3.63, 3.8) is 0 Å². The predicted octanol–water partition coefficient (Wildman–Crippen LogP) is 1.08. The first-order valence-corrected chi connectivity index (χ1v) is 3.84. The van der Waals surface area contributed by atoms with Gasteiger partial charge in [-0.2, -0.15) is 0 Å². The second-order valence-corrected chi connectivity index (χ2v) is 2.48. The number of nitrogens with one attached hydrogen (secondary N) is 1. The van der Waals surface area contributed by atoms with E-state index in [9.17, 15) is 0 Å². The third kappa shape index (κ3) is 1.56. The third-order valence-electron chi connectivity index (χ3n) is 1.84. The van der Waals surface area contributed by atoms with Crippen LogP contribution < -0.4 is 10.8 Å². The van der Waals surface area contributed by atoms with E-state index in [0.29, 0.717) is 0 Å². The summed E-state index contributed by atoms with van der Waals surface area (Å²) < 4.78 is 0. The van der Waals surface area contributed by atoms with Gasteiger partial charge in [-0.15, -0.1) is 0 Å². The van der Waals surface area contributed by atoms with Gasteiger partial charge in [-0.1, -0.05) is 24.5 Å². The molecule has 2 heteroatoms. The van der Waals surface area contributed by atoms with Gasteiger partial charge in [0.05, 0.1) is 0 Å². The van der Waals surface area contributed by atoms with Crippen molar-refractivity contribution in [2.45, 2.75) is 13.3 Å². The van der Waals surface area contributed by atoms with E-state index in [1.54, 1.807) is 0 Å². The minimum absolute atomic E-state index is 0.874. The van der Waals surface area contributed by atoms with Crippen LogP contribution >= 0.6 is 0 Å². The lowest BCUT2D eigenvalue weighted by molar-refractivity contribution is 1.15. The summed E-state index contributed by atoms with van der Waals surface area (Å²) in [5, 5.41) is 3.11. The first-order valence-electron chi connectivity index (χ1n) is 3.84. The molecule has 1 N–H and O–H groups in total. The molecule has 0 aliphatic heterocycles. The molecular formula is C9H12BN. The number of hydrogen-bond acceptors (Lipinski definition) is 1. The van der Waals surface area contributed by atoms with Gasteiger partial charge in [-0.05, 0) is 18.1 Å². The molecular weight excluding hydrogens is 133 g/mol. The summed E-state index contributed by atoms with van der Waals surface area (Å²) in [7, 11) is 7.68. The number of rotatable bonds is 2. The van der Waals surface area contributed by atoms with Crippen LogP contribution in [0.5, 0.6) is 0 Å². The van der Waals surface area contributed by atoms with Gasteiger partial charge in [0.2, 0.25) is 0 Å². The molecule has 0 fully saturated rings. The van der Waals surface area contributed by atoms with Crippen molar-refractivity contribution in [2.24, 2.45) is 0 Å². The molecule has 1 rings (SSSR count). The summed E-state index contributed by atoms with van der Waals surface area (Å²) in [6.45, 7) is 2.10. The van der Waals surface area contributed by atoms with Crippen LogP contribution in [0.2, 0.25) is 0 Å². The van der Waals surface area contributed by atoms with E-state index in [2.05, 4.69) is 12.2 Å². The van der Waals surface area contributed by atoms with Gasteiger partial charge >= 0.3 is 0 Å². The molecule has 56 valence electrons. The third-order valence-corrected chi connectivity index (χ3v) is 1.84. The molecule has 1 aromatic carbocycles. The summed E-state index contributed by atoms with van der Waals surface area (Å²) in [5.41, 5.74) is 3.21. The molecule has 0 unspecified atom stereocenters. The van der Waals surface area contributed by atoms with Gasteiger partial charge < -0.3 is 5.32 Å². The summed E-state index contributed by atoms with van der Waals surface area (Å²) in [5.74, 6) is 0. The average Bonchev–Trinajstić information content (AvgIpc) is 2.04. The van der Waals surface area contributed by atoms with Gasteiger partial charge in [0.15, 0.2) is 0 Å². The zero-order valence-corrected chi connectivity index (χ0v) is 7.02. The fourth-order valence-electron chi connectivity index (χ4n) is 1.23. The topological polar surface area (TPSA) is 12.0 Å². The van der Waals surface area contributed by atoms with E-state index in [0.717, 1.165) is 17.6 Å². The molecule has 0 aromatic heterocycles. The van der Waals surface area contributed by atoms with Crippen LogP contribution in [0.3, 0.4) is 0 Å². The van der Waals surface area contributed by atoms with E-state index in [4.69, 9.17) is 7.85 Å². The van der Waals surface area contributed by atoms with Crippen molar-refractivity contribution in [1.82, 2.24) is 0 Å². The summed E-state index contributed by atoms with van der Waals surface area (Å²) in [4.78, 5) is 0. The maximum Gasteiger partial charge on any atom is 0.114 e. The zero-order chi connectivity index (χ0) is 8.27. The Hall–Kier alpha value is -0.915. The minimum atomic E-state index is 0.874. The molecule has 11 heavy (non-hydrogen) atoms. The Balaban J connectivity index is 3.13. The summed E-state index contributed by atoms with van der Waals surface area (Å²) >= 11 is 0. The smallest absolute Gasteiger partial charge is 0.114 e. The van der Waals surface area contributed by atoms with Gasteiger partial charge in [0, 0.05) is 12.7 Å². The van der Waals surface area contributed by atoms with Crippen molar-refractivity contribution in [3.05, 3.63) is 23.8 Å². The van der Waals surface area contributed by atoms with Crippen molar-refractivity contribution >= 4 is 19.0 Å². The number of benzene rings is 1. The Morgan fingerprint density at radius 3 is 2.64 bits per heavy atom. The molecule has 2 radical (unpaired) electrons. The Labute approximate surface area is 69.2 Å². The summed E-state index contributed by atoms with van der Waals surface area (Å²) in [6.07, 6.45) is 0.975. The van der Waals surface area contributed by atoms with E-state index < -0.39 is 0 Å². The van der Waals surface area contributed by atoms with Crippen molar-refractivity contribution in [2.75, 3.05) is 12.4 Å². The fourth-order valence-corrected chi connectivity index (χ4v) is 1.23. The molecule has 0 aliphatic carbocycles. The zero-order valence-electron chi connectivity index (χ0n) is 7.02. The van der Waals surface area contributed by atoms with Gasteiger partial charge in [-0.3, -0.25) is 0 Å². The van der Waals surface area contributed by atoms with Gasteiger partial charge in [-0.25, -0.2) is 0 Å². The highest BCUT2D eigenvalue weighted by atomic mass is 14.8. The normalized spacial score (nSPS) is 9.64. The van der Waals surface area contributed by atoms with Crippen LogP contribution in [0.4, 0.5) is 5.69 Å². The largest absolute Gasteiger partial charge is 0.388 e. The maximum absolute atomic E-state index is 5.77. The van der Waals surface area contributed by atoms with Crippen LogP contribution in [-0.4, -0.2) is 14.9 Å². The molecule has 0 heterocycles. The second-order valence-electron chi connectivity index (χ2n) is 2.48. The molecule has 0 spiro atoms.